The van der Waals surface area contributed by atoms with Gasteiger partial charge in [-0.15, -0.1) is 11.5 Å². The van der Waals surface area contributed by atoms with Gasteiger partial charge in [-0.25, -0.2) is 12.1 Å². The largest absolute Gasteiger partial charge is 4.00 e. The zero-order chi connectivity index (χ0) is 6.69. The van der Waals surface area contributed by atoms with Crippen molar-refractivity contribution in [3.05, 3.63) is 68.8 Å². The van der Waals surface area contributed by atoms with Gasteiger partial charge in [0.2, 0.25) is 0 Å². The van der Waals surface area contributed by atoms with Crippen molar-refractivity contribution in [1.29, 1.82) is 0 Å². The third-order valence-electron chi connectivity index (χ3n) is 0.922. The Morgan fingerprint density at radius 3 is 1.53 bits per heavy atom. The summed E-state index contributed by atoms with van der Waals surface area (Å²) in [5.41, 5.74) is 0. The fourth-order valence-corrected chi connectivity index (χ4v) is 0.480. The predicted molar refractivity (Wildman–Crippen MR) is 70.8 cm³/mol. The first-order chi connectivity index (χ1) is 4.33. The third kappa shape index (κ3) is 23.1. The summed E-state index contributed by atoms with van der Waals surface area (Å²) in [6, 6.07) is 8.16. The number of methoxy groups -OCH3 is 1. The average molecular weight is 493 g/mol. The predicted octanol–water partition coefficient (Wildman–Crippen LogP) is 3.70. The normalized spacial score (nSPS) is 4.76. The van der Waals surface area contributed by atoms with Gasteiger partial charge < -0.3 is 54.4 Å². The van der Waals surface area contributed by atoms with Crippen molar-refractivity contribution in [2.24, 2.45) is 0 Å². The fraction of sp³-hybridized carbons (Fsp3) is 0.0769. The van der Waals surface area contributed by atoms with Crippen LogP contribution in [0.15, 0.2) is 12.1 Å². The second-order valence-corrected chi connectivity index (χ2v) is 1.53. The van der Waals surface area contributed by atoms with Crippen LogP contribution in [-0.2, 0) is 0 Å². The Morgan fingerprint density at radius 2 is 1.29 bits per heavy atom. The van der Waals surface area contributed by atoms with Gasteiger partial charge in [0.15, 0.2) is 0 Å². The van der Waals surface area contributed by atoms with Crippen LogP contribution in [0.5, 0.6) is 11.5 Å². The van der Waals surface area contributed by atoms with Gasteiger partial charge in [0.25, 0.3) is 0 Å². The van der Waals surface area contributed by atoms with Gasteiger partial charge in [-0.2, -0.15) is 0 Å². The van der Waals surface area contributed by atoms with Gasteiger partial charge in [0, 0.05) is 0 Å². The topological polar surface area (TPSA) is 29.5 Å². The molecule has 4 heteroatoms. The van der Waals surface area contributed by atoms with Crippen LogP contribution in [0.4, 0.5) is 0 Å². The molecule has 0 fully saturated rings. The van der Waals surface area contributed by atoms with Gasteiger partial charge in [-0.3, -0.25) is 12.1 Å². The van der Waals surface area contributed by atoms with Crippen molar-refractivity contribution < 1.29 is 93.3 Å². The second-order valence-electron chi connectivity index (χ2n) is 1.53. The number of benzene rings is 1. The molecule has 2 nitrogen and oxygen atoms in total. The molecule has 1 aromatic rings. The van der Waals surface area contributed by atoms with E-state index in [0.29, 0.717) is 5.75 Å². The maximum atomic E-state index is 8.71. The summed E-state index contributed by atoms with van der Waals surface area (Å²) >= 11 is 0. The van der Waals surface area contributed by atoms with E-state index in [4.69, 9.17) is 9.84 Å². The van der Waals surface area contributed by atoms with Gasteiger partial charge >= 0.3 is 83.5 Å². The van der Waals surface area contributed by atoms with E-state index in [1.54, 1.807) is 0 Å². The van der Waals surface area contributed by atoms with Gasteiger partial charge in [0.1, 0.15) is 0 Å². The first-order valence-electron chi connectivity index (χ1n) is 2.49. The standard InChI is InChI=1S/C7H6O2.6CH3.2Ce/c1-9-7-4-2-6(8)3-5-7;;;;;;;;/h2,5,8H,1H3;6*1H3;;/q-2;6*-1;2*+4. The fourth-order valence-electron chi connectivity index (χ4n) is 0.480. The van der Waals surface area contributed by atoms with Crippen LogP contribution in [0.1, 0.15) is 0 Å². The quantitative estimate of drug-likeness (QED) is 0.606. The first-order valence-corrected chi connectivity index (χ1v) is 2.49. The Morgan fingerprint density at radius 1 is 0.882 bits per heavy atom. The van der Waals surface area contributed by atoms with E-state index in [0.717, 1.165) is 0 Å². The average Bonchev–Trinajstić information content (AvgIpc) is 1.90. The van der Waals surface area contributed by atoms with E-state index in [2.05, 4.69) is 12.1 Å². The molecule has 0 aliphatic heterocycles. The molecule has 0 aliphatic rings. The van der Waals surface area contributed by atoms with Gasteiger partial charge in [-0.1, -0.05) is 0 Å². The molecule has 0 amide bonds. The molecule has 0 saturated heterocycles. The molecule has 0 unspecified atom stereocenters. The molecular formula is C13H24Ce2O2. The summed E-state index contributed by atoms with van der Waals surface area (Å²) in [7, 11) is 1.54. The molecule has 0 aromatic heterocycles. The molecule has 1 aromatic carbocycles. The van der Waals surface area contributed by atoms with Crippen molar-refractivity contribution in [3.8, 4) is 11.5 Å². The Hall–Kier alpha value is 1.57. The van der Waals surface area contributed by atoms with Crippen LogP contribution in [0.25, 0.3) is 0 Å². The first kappa shape index (κ1) is 51.3. The Kier molecular flexibility index (Phi) is 92.2. The molecule has 0 heterocycles. The van der Waals surface area contributed by atoms with E-state index in [-0.39, 0.29) is 134 Å². The Bertz CT molecular complexity index is 189. The van der Waals surface area contributed by atoms with E-state index >= 15 is 0 Å². The smallest absolute Gasteiger partial charge is 0.591 e. The van der Waals surface area contributed by atoms with Crippen LogP contribution in [0, 0.1) is 140 Å². The van der Waals surface area contributed by atoms with Crippen molar-refractivity contribution in [2.75, 3.05) is 7.11 Å². The molecule has 0 bridgehead atoms. The summed E-state index contributed by atoms with van der Waals surface area (Å²) < 4.78 is 4.77. The number of aromatic hydroxyl groups is 1. The minimum Gasteiger partial charge on any atom is -0.591 e. The zero-order valence-corrected chi connectivity index (χ0v) is 18.3. The summed E-state index contributed by atoms with van der Waals surface area (Å²) in [6.45, 7) is 0. The van der Waals surface area contributed by atoms with Gasteiger partial charge in [0.05, 0.1) is 7.11 Å². The summed E-state index contributed by atoms with van der Waals surface area (Å²) in [6.07, 6.45) is 0. The third-order valence-corrected chi connectivity index (χ3v) is 0.922. The van der Waals surface area contributed by atoms with Crippen molar-refractivity contribution in [3.63, 3.8) is 0 Å². The van der Waals surface area contributed by atoms with E-state index in [9.17, 15) is 0 Å². The summed E-state index contributed by atoms with van der Waals surface area (Å²) in [5.74, 6) is 0.656. The molecule has 1 N–H and O–H groups in total. The van der Waals surface area contributed by atoms with Crippen molar-refractivity contribution in [1.82, 2.24) is 0 Å². The van der Waals surface area contributed by atoms with Crippen LogP contribution in [0.2, 0.25) is 0 Å². The van der Waals surface area contributed by atoms with E-state index in [1.807, 2.05) is 0 Å². The van der Waals surface area contributed by atoms with Crippen LogP contribution in [-0.4, -0.2) is 12.2 Å². The van der Waals surface area contributed by atoms with Crippen LogP contribution >= 0.6 is 0 Å². The zero-order valence-electron chi connectivity index (χ0n) is 12.0. The van der Waals surface area contributed by atoms with Crippen LogP contribution in [0.3, 0.4) is 0 Å². The number of hydrogen-bond acceptors (Lipinski definition) is 2. The van der Waals surface area contributed by atoms with Crippen LogP contribution < -0.4 is 4.74 Å². The Balaban J connectivity index is -0.0000000169. The number of phenols is 1. The minimum absolute atomic E-state index is 0. The van der Waals surface area contributed by atoms with Crippen molar-refractivity contribution in [2.45, 2.75) is 0 Å². The molecule has 0 spiro atoms. The maximum absolute atomic E-state index is 8.71. The number of rotatable bonds is 1. The second kappa shape index (κ2) is 30.5. The molecule has 0 atom stereocenters. The number of ether oxygens (including phenoxy) is 1. The van der Waals surface area contributed by atoms with E-state index in [1.165, 1.54) is 19.2 Å². The van der Waals surface area contributed by atoms with Crippen molar-refractivity contribution >= 4 is 0 Å². The molecular weight excluding hydrogens is 468 g/mol. The summed E-state index contributed by atoms with van der Waals surface area (Å²) in [5, 5.41) is 8.71. The van der Waals surface area contributed by atoms with Gasteiger partial charge in [-0.05, 0) is 0 Å². The molecule has 0 aliphatic carbocycles. The minimum atomic E-state index is 0. The number of hydrogen-bond donors (Lipinski definition) is 1. The monoisotopic (exact) mass is 492 g/mol. The van der Waals surface area contributed by atoms with E-state index < -0.39 is 0 Å². The number of phenolic OH excluding ortho intramolecular Hbond substituents is 1. The molecule has 0 saturated carbocycles. The SMILES string of the molecule is COc1[c-]cc(O)[c-]c1.[CH3-].[CH3-].[CH3-].[CH3-].[CH3-].[CH3-].[Ce+4].[Ce+4]. The molecule has 0 radical (unpaired) electrons. The maximum Gasteiger partial charge on any atom is 4.00 e. The molecule has 1 rings (SSSR count). The Labute approximate surface area is 178 Å². The summed E-state index contributed by atoms with van der Waals surface area (Å²) in [4.78, 5) is 0. The molecule has 17 heavy (non-hydrogen) atoms. The molecule has 96 valence electrons.